The predicted octanol–water partition coefficient (Wildman–Crippen LogP) is 0.0772. The van der Waals surface area contributed by atoms with Crippen LogP contribution in [0.3, 0.4) is 0 Å². The van der Waals surface area contributed by atoms with E-state index in [1.54, 1.807) is 5.32 Å². The number of hydrogen-bond acceptors (Lipinski definition) is 2. The van der Waals surface area contributed by atoms with Crippen LogP contribution in [0.25, 0.3) is 0 Å². The Morgan fingerprint density at radius 2 is 2.36 bits per heavy atom. The van der Waals surface area contributed by atoms with E-state index in [0.717, 1.165) is 13.0 Å². The summed E-state index contributed by atoms with van der Waals surface area (Å²) in [5.41, 5.74) is 0. The van der Waals surface area contributed by atoms with Crippen molar-refractivity contribution in [1.82, 2.24) is 10.6 Å². The summed E-state index contributed by atoms with van der Waals surface area (Å²) in [5, 5.41) is 4.37. The molecule has 0 saturated carbocycles. The Bertz CT molecular complexity index is 146. The third-order valence-corrected chi connectivity index (χ3v) is 1.63. The van der Waals surface area contributed by atoms with Crippen LogP contribution >= 0.6 is 0 Å². The number of rotatable bonds is 2. The van der Waals surface area contributed by atoms with Crippen LogP contribution < -0.4 is 10.6 Å². The fourth-order valence-electron chi connectivity index (χ4n) is 1.12. The average Bonchev–Trinajstić information content (AvgIpc) is 2.35. The molecule has 11 heavy (non-hydrogen) atoms. The second-order valence-corrected chi connectivity index (χ2v) is 2.46. The van der Waals surface area contributed by atoms with Gasteiger partial charge in [-0.25, -0.2) is 0 Å². The zero-order valence-electron chi connectivity index (χ0n) is 5.94. The Morgan fingerprint density at radius 3 is 2.82 bits per heavy atom. The first-order valence-corrected chi connectivity index (χ1v) is 3.52. The summed E-state index contributed by atoms with van der Waals surface area (Å²) >= 11 is 0. The van der Waals surface area contributed by atoms with Crippen molar-refractivity contribution in [2.24, 2.45) is 0 Å². The highest BCUT2D eigenvalue weighted by atomic mass is 19.3. The van der Waals surface area contributed by atoms with Crippen molar-refractivity contribution < 1.29 is 13.6 Å². The van der Waals surface area contributed by atoms with Gasteiger partial charge in [0, 0.05) is 0 Å². The van der Waals surface area contributed by atoms with Crippen LogP contribution in [0.2, 0.25) is 0 Å². The molecule has 1 saturated heterocycles. The van der Waals surface area contributed by atoms with E-state index in [1.807, 2.05) is 0 Å². The molecule has 0 aliphatic carbocycles. The molecule has 0 spiro atoms. The molecular formula is C6H10F2N2O. The summed E-state index contributed by atoms with van der Waals surface area (Å²) in [6, 6.07) is -0.413. The largest absolute Gasteiger partial charge is 0.315 e. The Balaban J connectivity index is 2.28. The van der Waals surface area contributed by atoms with Gasteiger partial charge in [-0.3, -0.25) is 10.1 Å². The van der Waals surface area contributed by atoms with Gasteiger partial charge < -0.3 is 5.32 Å². The van der Waals surface area contributed by atoms with Gasteiger partial charge in [0.05, 0.1) is 6.04 Å². The van der Waals surface area contributed by atoms with E-state index in [4.69, 9.17) is 0 Å². The molecule has 5 heteroatoms. The van der Waals surface area contributed by atoms with Crippen LogP contribution in [0.5, 0.6) is 0 Å². The quantitative estimate of drug-likeness (QED) is 0.567. The van der Waals surface area contributed by atoms with E-state index >= 15 is 0 Å². The van der Waals surface area contributed by atoms with E-state index in [9.17, 15) is 13.6 Å². The molecule has 1 aliphatic heterocycles. The smallest absolute Gasteiger partial charge is 0.306 e. The van der Waals surface area contributed by atoms with Crippen LogP contribution in [0.1, 0.15) is 12.8 Å². The number of amides is 1. The molecular weight excluding hydrogens is 154 g/mol. The van der Waals surface area contributed by atoms with Crippen molar-refractivity contribution >= 4 is 5.91 Å². The lowest BCUT2D eigenvalue weighted by molar-refractivity contribution is -0.126. The first-order chi connectivity index (χ1) is 5.20. The zero-order chi connectivity index (χ0) is 8.27. The molecule has 0 aromatic rings. The number of hydrogen-bond donors (Lipinski definition) is 2. The van der Waals surface area contributed by atoms with Gasteiger partial charge in [-0.15, -0.1) is 0 Å². The Morgan fingerprint density at radius 1 is 1.64 bits per heavy atom. The molecule has 1 amide bonds. The molecule has 1 fully saturated rings. The normalized spacial score (nSPS) is 24.1. The third-order valence-electron chi connectivity index (χ3n) is 1.63. The number of carbonyl (C=O) groups excluding carboxylic acids is 1. The molecule has 1 atom stereocenters. The lowest BCUT2D eigenvalue weighted by Crippen LogP contribution is -2.42. The molecule has 2 N–H and O–H groups in total. The average molecular weight is 164 g/mol. The van der Waals surface area contributed by atoms with Crippen LogP contribution in [-0.4, -0.2) is 25.0 Å². The molecule has 3 nitrogen and oxygen atoms in total. The number of carbonyl (C=O) groups is 1. The van der Waals surface area contributed by atoms with E-state index in [0.29, 0.717) is 6.42 Å². The van der Waals surface area contributed by atoms with Gasteiger partial charge in [-0.1, -0.05) is 0 Å². The number of halogens is 2. The van der Waals surface area contributed by atoms with Crippen molar-refractivity contribution in [3.8, 4) is 0 Å². The second kappa shape index (κ2) is 3.61. The molecule has 0 bridgehead atoms. The Labute approximate surface area is 63.2 Å². The fourth-order valence-corrected chi connectivity index (χ4v) is 1.12. The summed E-state index contributed by atoms with van der Waals surface area (Å²) in [4.78, 5) is 10.8. The topological polar surface area (TPSA) is 41.1 Å². The maximum Gasteiger partial charge on any atom is 0.315 e. The van der Waals surface area contributed by atoms with Gasteiger partial charge in [0.2, 0.25) is 5.91 Å². The van der Waals surface area contributed by atoms with Gasteiger partial charge in [-0.2, -0.15) is 8.78 Å². The van der Waals surface area contributed by atoms with E-state index < -0.39 is 18.5 Å². The van der Waals surface area contributed by atoms with E-state index in [1.165, 1.54) is 0 Å². The first kappa shape index (κ1) is 8.39. The zero-order valence-corrected chi connectivity index (χ0v) is 5.94. The highest BCUT2D eigenvalue weighted by Gasteiger charge is 2.23. The molecule has 64 valence electrons. The summed E-state index contributed by atoms with van der Waals surface area (Å²) in [6.45, 7) is -2.01. The second-order valence-electron chi connectivity index (χ2n) is 2.46. The minimum Gasteiger partial charge on any atom is -0.306 e. The van der Waals surface area contributed by atoms with Crippen LogP contribution in [0.4, 0.5) is 8.78 Å². The van der Waals surface area contributed by atoms with E-state index in [2.05, 4.69) is 5.32 Å². The molecule has 1 aliphatic rings. The SMILES string of the molecule is O=C(NC(F)F)C1CCCN1. The highest BCUT2D eigenvalue weighted by Crippen LogP contribution is 2.04. The minimum absolute atomic E-state index is 0.413. The molecule has 1 heterocycles. The molecule has 0 aromatic carbocycles. The number of alkyl halides is 2. The van der Waals surface area contributed by atoms with Crippen molar-refractivity contribution in [2.45, 2.75) is 25.4 Å². The first-order valence-electron chi connectivity index (χ1n) is 3.52. The maximum atomic E-state index is 11.6. The summed E-state index contributed by atoms with van der Waals surface area (Å²) in [6.07, 6.45) is 1.53. The Kier molecular flexibility index (Phi) is 2.76. The number of nitrogens with one attached hydrogen (secondary N) is 2. The van der Waals surface area contributed by atoms with Crippen LogP contribution in [0, 0.1) is 0 Å². The fraction of sp³-hybridized carbons (Fsp3) is 0.833. The van der Waals surface area contributed by atoms with Gasteiger partial charge in [0.1, 0.15) is 0 Å². The molecule has 0 radical (unpaired) electrons. The summed E-state index contributed by atoms with van der Waals surface area (Å²) in [7, 11) is 0. The monoisotopic (exact) mass is 164 g/mol. The van der Waals surface area contributed by atoms with E-state index in [-0.39, 0.29) is 0 Å². The highest BCUT2D eigenvalue weighted by molar-refractivity contribution is 5.81. The minimum atomic E-state index is -2.75. The maximum absolute atomic E-state index is 11.6. The van der Waals surface area contributed by atoms with Crippen molar-refractivity contribution in [2.75, 3.05) is 6.54 Å². The van der Waals surface area contributed by atoms with Crippen molar-refractivity contribution in [3.63, 3.8) is 0 Å². The van der Waals surface area contributed by atoms with Crippen molar-refractivity contribution in [1.29, 1.82) is 0 Å². The van der Waals surface area contributed by atoms with Crippen molar-refractivity contribution in [3.05, 3.63) is 0 Å². The molecule has 1 rings (SSSR count). The predicted molar refractivity (Wildman–Crippen MR) is 35.2 cm³/mol. The van der Waals surface area contributed by atoms with Gasteiger partial charge in [0.25, 0.3) is 0 Å². The summed E-state index contributed by atoms with van der Waals surface area (Å²) < 4.78 is 23.2. The van der Waals surface area contributed by atoms with Gasteiger partial charge in [0.15, 0.2) is 0 Å². The third kappa shape index (κ3) is 2.42. The molecule has 0 aromatic heterocycles. The van der Waals surface area contributed by atoms with Crippen LogP contribution in [0.15, 0.2) is 0 Å². The standard InChI is InChI=1S/C6H10F2N2O/c7-6(8)10-5(11)4-2-1-3-9-4/h4,6,9H,1-3H2,(H,10,11). The summed E-state index contributed by atoms with van der Waals surface area (Å²) in [5.74, 6) is -0.600. The molecule has 1 unspecified atom stereocenters. The van der Waals surface area contributed by atoms with Gasteiger partial charge in [-0.05, 0) is 19.4 Å². The Hall–Kier alpha value is -0.710. The van der Waals surface area contributed by atoms with Crippen LogP contribution in [-0.2, 0) is 4.79 Å². The lowest BCUT2D eigenvalue weighted by atomic mass is 10.2. The lowest BCUT2D eigenvalue weighted by Gasteiger charge is -2.09. The van der Waals surface area contributed by atoms with Gasteiger partial charge >= 0.3 is 6.55 Å².